The van der Waals surface area contributed by atoms with Gasteiger partial charge in [-0.05, 0) is 47.3 Å². The van der Waals surface area contributed by atoms with E-state index in [4.69, 9.17) is 5.11 Å². The van der Waals surface area contributed by atoms with Gasteiger partial charge in [-0.15, -0.1) is 11.3 Å². The van der Waals surface area contributed by atoms with E-state index in [1.165, 1.54) is 11.3 Å². The van der Waals surface area contributed by atoms with E-state index in [-0.39, 0.29) is 18.1 Å². The molecule has 82 valence electrons. The van der Waals surface area contributed by atoms with Gasteiger partial charge in [-0.2, -0.15) is 0 Å². The number of thiophene rings is 1. The van der Waals surface area contributed by atoms with E-state index in [2.05, 4.69) is 21.2 Å². The number of aryl methyl sites for hydroxylation is 1. The fourth-order valence-corrected chi connectivity index (χ4v) is 2.78. The zero-order valence-electron chi connectivity index (χ0n) is 8.34. The monoisotopic (exact) mass is 289 g/mol. The molecule has 0 saturated heterocycles. The van der Waals surface area contributed by atoms with Gasteiger partial charge in [0.1, 0.15) is 0 Å². The molecule has 0 atom stereocenters. The van der Waals surface area contributed by atoms with Crippen molar-refractivity contribution in [2.24, 2.45) is 0 Å². The number of amides is 1. The molecule has 1 heterocycles. The van der Waals surface area contributed by atoms with Crippen molar-refractivity contribution >= 4 is 33.2 Å². The molecule has 0 aromatic carbocycles. The number of carbonyl (C=O) groups excluding carboxylic acids is 1. The lowest BCUT2D eigenvalue weighted by Crippen LogP contribution is -2.39. The second-order valence-corrected chi connectivity index (χ2v) is 6.33. The summed E-state index contributed by atoms with van der Waals surface area (Å²) in [6.07, 6.45) is 1.75. The van der Waals surface area contributed by atoms with Gasteiger partial charge in [-0.1, -0.05) is 0 Å². The summed E-state index contributed by atoms with van der Waals surface area (Å²) in [6, 6.07) is 1.86. The summed E-state index contributed by atoms with van der Waals surface area (Å²) in [5.41, 5.74) is 0.737. The van der Waals surface area contributed by atoms with Gasteiger partial charge in [0.15, 0.2) is 0 Å². The molecule has 2 rings (SSSR count). The van der Waals surface area contributed by atoms with Crippen molar-refractivity contribution in [2.45, 2.75) is 25.3 Å². The highest BCUT2D eigenvalue weighted by Gasteiger charge is 2.43. The molecule has 1 aromatic rings. The standard InChI is InChI=1S/C10H12BrNO2S/c1-6-4-7(15-8(6)11)9(14)12-10(5-13)2-3-10/h4,13H,2-3,5H2,1H3,(H,12,14). The quantitative estimate of drug-likeness (QED) is 0.895. The van der Waals surface area contributed by atoms with E-state index in [0.29, 0.717) is 4.88 Å². The SMILES string of the molecule is Cc1cc(C(=O)NC2(CO)CC2)sc1Br. The topological polar surface area (TPSA) is 49.3 Å². The summed E-state index contributed by atoms with van der Waals surface area (Å²) in [5.74, 6) is -0.0830. The highest BCUT2D eigenvalue weighted by molar-refractivity contribution is 9.11. The lowest BCUT2D eigenvalue weighted by molar-refractivity contribution is 0.0911. The predicted octanol–water partition coefficient (Wildman–Crippen LogP) is 2.07. The van der Waals surface area contributed by atoms with Crippen LogP contribution in [0.25, 0.3) is 0 Å². The Morgan fingerprint density at radius 3 is 2.80 bits per heavy atom. The largest absolute Gasteiger partial charge is 0.394 e. The molecule has 1 aliphatic carbocycles. The third kappa shape index (κ3) is 2.24. The van der Waals surface area contributed by atoms with E-state index < -0.39 is 0 Å². The summed E-state index contributed by atoms with van der Waals surface area (Å²) in [5, 5.41) is 12.0. The number of carbonyl (C=O) groups is 1. The van der Waals surface area contributed by atoms with Gasteiger partial charge in [-0.3, -0.25) is 4.79 Å². The van der Waals surface area contributed by atoms with Gasteiger partial charge in [0.25, 0.3) is 5.91 Å². The molecule has 2 N–H and O–H groups in total. The molecule has 0 aliphatic heterocycles. The number of halogens is 1. The van der Waals surface area contributed by atoms with Crippen molar-refractivity contribution in [3.8, 4) is 0 Å². The minimum absolute atomic E-state index is 0.0320. The van der Waals surface area contributed by atoms with Crippen molar-refractivity contribution in [3.05, 3.63) is 20.3 Å². The second kappa shape index (κ2) is 3.88. The van der Waals surface area contributed by atoms with Crippen LogP contribution in [0.4, 0.5) is 0 Å². The average molecular weight is 290 g/mol. The number of rotatable bonds is 3. The Kier molecular flexibility index (Phi) is 2.87. The maximum Gasteiger partial charge on any atom is 0.261 e. The van der Waals surface area contributed by atoms with Crippen LogP contribution in [0.1, 0.15) is 28.1 Å². The molecule has 1 fully saturated rings. The summed E-state index contributed by atoms with van der Waals surface area (Å²) in [7, 11) is 0. The molecule has 3 nitrogen and oxygen atoms in total. The van der Waals surface area contributed by atoms with E-state index in [1.54, 1.807) is 0 Å². The summed E-state index contributed by atoms with van der Waals surface area (Å²) in [4.78, 5) is 12.5. The highest BCUT2D eigenvalue weighted by Crippen LogP contribution is 2.35. The molecule has 5 heteroatoms. The van der Waals surface area contributed by atoms with E-state index in [1.807, 2.05) is 13.0 Å². The highest BCUT2D eigenvalue weighted by atomic mass is 79.9. The molecule has 1 saturated carbocycles. The van der Waals surface area contributed by atoms with Crippen LogP contribution >= 0.6 is 27.3 Å². The van der Waals surface area contributed by atoms with Crippen LogP contribution in [0.2, 0.25) is 0 Å². The molecule has 0 bridgehead atoms. The first-order valence-electron chi connectivity index (χ1n) is 4.76. The van der Waals surface area contributed by atoms with Crippen LogP contribution in [0.3, 0.4) is 0 Å². The zero-order chi connectivity index (χ0) is 11.1. The molecule has 15 heavy (non-hydrogen) atoms. The van der Waals surface area contributed by atoms with Crippen LogP contribution in [0, 0.1) is 6.92 Å². The van der Waals surface area contributed by atoms with Gasteiger partial charge in [0.2, 0.25) is 0 Å². The molecule has 1 aromatic heterocycles. The Bertz CT molecular complexity index is 379. The van der Waals surface area contributed by atoms with Gasteiger partial charge in [0.05, 0.1) is 20.8 Å². The maximum absolute atomic E-state index is 11.8. The summed E-state index contributed by atoms with van der Waals surface area (Å²) in [6.45, 7) is 1.99. The van der Waals surface area contributed by atoms with E-state index >= 15 is 0 Å². The number of hydrogen-bond donors (Lipinski definition) is 2. The van der Waals surface area contributed by atoms with E-state index in [0.717, 1.165) is 22.2 Å². The first-order chi connectivity index (χ1) is 7.06. The van der Waals surface area contributed by atoms with Gasteiger partial charge >= 0.3 is 0 Å². The van der Waals surface area contributed by atoms with Crippen LogP contribution in [0.5, 0.6) is 0 Å². The van der Waals surface area contributed by atoms with E-state index in [9.17, 15) is 4.79 Å². The Morgan fingerprint density at radius 1 is 1.73 bits per heavy atom. The summed E-state index contributed by atoms with van der Waals surface area (Å²) < 4.78 is 0.987. The molecular formula is C10H12BrNO2S. The van der Waals surface area contributed by atoms with Crippen molar-refractivity contribution < 1.29 is 9.90 Å². The smallest absolute Gasteiger partial charge is 0.261 e. The number of aliphatic hydroxyl groups excluding tert-OH is 1. The number of hydrogen-bond acceptors (Lipinski definition) is 3. The van der Waals surface area contributed by atoms with Crippen LogP contribution in [0.15, 0.2) is 9.85 Å². The Hall–Kier alpha value is -0.390. The number of nitrogens with one attached hydrogen (secondary N) is 1. The molecule has 0 spiro atoms. The maximum atomic E-state index is 11.8. The van der Waals surface area contributed by atoms with Crippen molar-refractivity contribution in [1.82, 2.24) is 5.32 Å². The van der Waals surface area contributed by atoms with Crippen LogP contribution in [-0.2, 0) is 0 Å². The molecule has 0 unspecified atom stereocenters. The van der Waals surface area contributed by atoms with Crippen LogP contribution < -0.4 is 5.32 Å². The first kappa shape index (κ1) is 11.1. The lowest BCUT2D eigenvalue weighted by atomic mass is 10.2. The minimum Gasteiger partial charge on any atom is -0.394 e. The fourth-order valence-electron chi connectivity index (χ4n) is 1.35. The average Bonchev–Trinajstić information content (AvgIpc) is 2.89. The van der Waals surface area contributed by atoms with Crippen molar-refractivity contribution in [1.29, 1.82) is 0 Å². The molecule has 1 amide bonds. The van der Waals surface area contributed by atoms with Crippen molar-refractivity contribution in [3.63, 3.8) is 0 Å². The lowest BCUT2D eigenvalue weighted by Gasteiger charge is -2.12. The second-order valence-electron chi connectivity index (χ2n) is 3.96. The molecule has 0 radical (unpaired) electrons. The predicted molar refractivity (Wildman–Crippen MR) is 63.3 cm³/mol. The Balaban J connectivity index is 2.08. The van der Waals surface area contributed by atoms with Gasteiger partial charge < -0.3 is 10.4 Å². The van der Waals surface area contributed by atoms with Crippen LogP contribution in [-0.4, -0.2) is 23.2 Å². The van der Waals surface area contributed by atoms with Gasteiger partial charge in [-0.25, -0.2) is 0 Å². The normalized spacial score (nSPS) is 17.5. The molecule has 1 aliphatic rings. The van der Waals surface area contributed by atoms with Gasteiger partial charge in [0, 0.05) is 0 Å². The minimum atomic E-state index is -0.332. The third-order valence-electron chi connectivity index (χ3n) is 2.62. The Labute approximate surface area is 101 Å². The first-order valence-corrected chi connectivity index (χ1v) is 6.37. The number of aliphatic hydroxyl groups is 1. The molecular weight excluding hydrogens is 278 g/mol. The summed E-state index contributed by atoms with van der Waals surface area (Å²) >= 11 is 4.81. The third-order valence-corrected chi connectivity index (χ3v) is 4.75. The fraction of sp³-hybridized carbons (Fsp3) is 0.500. The zero-order valence-corrected chi connectivity index (χ0v) is 10.7. The van der Waals surface area contributed by atoms with Crippen molar-refractivity contribution in [2.75, 3.05) is 6.61 Å². The Morgan fingerprint density at radius 2 is 2.40 bits per heavy atom.